The van der Waals surface area contributed by atoms with E-state index < -0.39 is 11.9 Å². The van der Waals surface area contributed by atoms with Crippen molar-refractivity contribution < 1.29 is 13.2 Å². The van der Waals surface area contributed by atoms with Crippen LogP contribution < -0.4 is 4.90 Å². The SMILES string of the molecule is FC(F)(F)c1ccc(N2CCC(CBr)C2)nn1. The molecule has 1 saturated heterocycles. The quantitative estimate of drug-likeness (QED) is 0.787. The number of nitrogens with zero attached hydrogens (tertiary/aromatic N) is 3. The van der Waals surface area contributed by atoms with Crippen LogP contribution in [0.5, 0.6) is 0 Å². The number of rotatable bonds is 2. The van der Waals surface area contributed by atoms with Crippen molar-refractivity contribution in [3.63, 3.8) is 0 Å². The van der Waals surface area contributed by atoms with E-state index in [-0.39, 0.29) is 0 Å². The number of anilines is 1. The lowest BCUT2D eigenvalue weighted by atomic mass is 10.2. The van der Waals surface area contributed by atoms with Crippen LogP contribution in [0.1, 0.15) is 12.1 Å². The summed E-state index contributed by atoms with van der Waals surface area (Å²) in [4.78, 5) is 1.96. The molecule has 3 nitrogen and oxygen atoms in total. The Morgan fingerprint density at radius 2 is 2.12 bits per heavy atom. The molecule has 0 aliphatic carbocycles. The highest BCUT2D eigenvalue weighted by Gasteiger charge is 2.33. The van der Waals surface area contributed by atoms with Gasteiger partial charge in [0.25, 0.3) is 0 Å². The maximum absolute atomic E-state index is 12.3. The van der Waals surface area contributed by atoms with Gasteiger partial charge in [0.2, 0.25) is 0 Å². The first-order chi connectivity index (χ1) is 8.00. The van der Waals surface area contributed by atoms with Gasteiger partial charge in [-0.3, -0.25) is 0 Å². The van der Waals surface area contributed by atoms with Crippen molar-refractivity contribution >= 4 is 21.7 Å². The van der Waals surface area contributed by atoms with Crippen LogP contribution in [-0.4, -0.2) is 28.6 Å². The lowest BCUT2D eigenvalue weighted by molar-refractivity contribution is -0.141. The Kier molecular flexibility index (Phi) is 3.56. The molecule has 1 unspecified atom stereocenters. The number of aromatic nitrogens is 2. The fourth-order valence-electron chi connectivity index (χ4n) is 1.81. The van der Waals surface area contributed by atoms with Gasteiger partial charge in [0.15, 0.2) is 11.5 Å². The normalized spacial score (nSPS) is 20.9. The number of hydrogen-bond donors (Lipinski definition) is 0. The Bertz CT molecular complexity index is 379. The van der Waals surface area contributed by atoms with E-state index in [1.165, 1.54) is 6.07 Å². The first kappa shape index (κ1) is 12.6. The molecule has 0 N–H and O–H groups in total. The largest absolute Gasteiger partial charge is 0.435 e. The van der Waals surface area contributed by atoms with E-state index in [9.17, 15) is 13.2 Å². The van der Waals surface area contributed by atoms with E-state index >= 15 is 0 Å². The second-order valence-electron chi connectivity index (χ2n) is 4.03. The molecule has 0 aromatic carbocycles. The topological polar surface area (TPSA) is 29.0 Å². The second kappa shape index (κ2) is 4.80. The molecule has 2 heterocycles. The summed E-state index contributed by atoms with van der Waals surface area (Å²) in [6.45, 7) is 1.63. The molecule has 0 bridgehead atoms. The first-order valence-corrected chi connectivity index (χ1v) is 6.34. The maximum Gasteiger partial charge on any atom is 0.435 e. The molecule has 1 aromatic rings. The molecule has 17 heavy (non-hydrogen) atoms. The highest BCUT2D eigenvalue weighted by Crippen LogP contribution is 2.28. The lowest BCUT2D eigenvalue weighted by Gasteiger charge is -2.16. The van der Waals surface area contributed by atoms with Gasteiger partial charge in [0, 0.05) is 18.4 Å². The van der Waals surface area contributed by atoms with Gasteiger partial charge in [0.1, 0.15) is 0 Å². The molecule has 1 aromatic heterocycles. The van der Waals surface area contributed by atoms with Crippen molar-refractivity contribution in [2.24, 2.45) is 5.92 Å². The Morgan fingerprint density at radius 1 is 1.35 bits per heavy atom. The van der Waals surface area contributed by atoms with E-state index in [4.69, 9.17) is 0 Å². The summed E-state index contributed by atoms with van der Waals surface area (Å²) in [5, 5.41) is 7.75. The van der Waals surface area contributed by atoms with Crippen LogP contribution in [0, 0.1) is 5.92 Å². The van der Waals surface area contributed by atoms with Gasteiger partial charge in [-0.15, -0.1) is 10.2 Å². The molecule has 1 atom stereocenters. The molecule has 1 aliphatic rings. The van der Waals surface area contributed by atoms with Gasteiger partial charge < -0.3 is 4.90 Å². The van der Waals surface area contributed by atoms with Crippen LogP contribution in [0.25, 0.3) is 0 Å². The first-order valence-electron chi connectivity index (χ1n) is 5.22. The molecule has 2 rings (SSSR count). The number of hydrogen-bond acceptors (Lipinski definition) is 3. The third-order valence-electron chi connectivity index (χ3n) is 2.77. The molecule has 94 valence electrons. The molecule has 0 spiro atoms. The molecule has 1 aliphatic heterocycles. The Morgan fingerprint density at radius 3 is 2.59 bits per heavy atom. The molecule has 1 fully saturated rings. The Labute approximate surface area is 105 Å². The van der Waals surface area contributed by atoms with E-state index in [2.05, 4.69) is 26.1 Å². The summed E-state index contributed by atoms with van der Waals surface area (Å²) in [5.74, 6) is 1.04. The third kappa shape index (κ3) is 2.88. The third-order valence-corrected chi connectivity index (χ3v) is 3.68. The van der Waals surface area contributed by atoms with Crippen molar-refractivity contribution in [1.29, 1.82) is 0 Å². The Balaban J connectivity index is 2.09. The van der Waals surface area contributed by atoms with Crippen molar-refractivity contribution in [3.8, 4) is 0 Å². The molecule has 0 saturated carbocycles. The molecule has 0 radical (unpaired) electrons. The minimum absolute atomic E-state index is 0.515. The zero-order valence-corrected chi connectivity index (χ0v) is 10.5. The van der Waals surface area contributed by atoms with Gasteiger partial charge >= 0.3 is 6.18 Å². The fraction of sp³-hybridized carbons (Fsp3) is 0.600. The van der Waals surface area contributed by atoms with Crippen molar-refractivity contribution in [2.75, 3.05) is 23.3 Å². The summed E-state index contributed by atoms with van der Waals surface area (Å²) in [6.07, 6.45) is -3.40. The monoisotopic (exact) mass is 309 g/mol. The predicted octanol–water partition coefficient (Wildman–Crippen LogP) is 2.72. The fourth-order valence-corrected chi connectivity index (χ4v) is 2.34. The minimum Gasteiger partial charge on any atom is -0.355 e. The van der Waals surface area contributed by atoms with E-state index in [0.29, 0.717) is 11.7 Å². The number of alkyl halides is 4. The maximum atomic E-state index is 12.3. The number of halogens is 4. The van der Waals surface area contributed by atoms with Gasteiger partial charge in [-0.25, -0.2) is 0 Å². The minimum atomic E-state index is -4.42. The second-order valence-corrected chi connectivity index (χ2v) is 4.68. The van der Waals surface area contributed by atoms with Crippen molar-refractivity contribution in [2.45, 2.75) is 12.6 Å². The van der Waals surface area contributed by atoms with Gasteiger partial charge in [-0.2, -0.15) is 13.2 Å². The summed E-state index contributed by atoms with van der Waals surface area (Å²) < 4.78 is 36.9. The summed E-state index contributed by atoms with van der Waals surface area (Å²) >= 11 is 3.40. The lowest BCUT2D eigenvalue weighted by Crippen LogP contribution is -2.22. The molecular weight excluding hydrogens is 299 g/mol. The highest BCUT2D eigenvalue weighted by molar-refractivity contribution is 9.09. The highest BCUT2D eigenvalue weighted by atomic mass is 79.9. The van der Waals surface area contributed by atoms with Gasteiger partial charge in [-0.05, 0) is 24.5 Å². The summed E-state index contributed by atoms with van der Waals surface area (Å²) in [5.41, 5.74) is -0.947. The summed E-state index contributed by atoms with van der Waals surface area (Å²) in [7, 11) is 0. The van der Waals surface area contributed by atoms with Gasteiger partial charge in [0.05, 0.1) is 0 Å². The van der Waals surface area contributed by atoms with Crippen LogP contribution in [0.2, 0.25) is 0 Å². The Hall–Kier alpha value is -0.850. The summed E-state index contributed by atoms with van der Waals surface area (Å²) in [6, 6.07) is 2.36. The standard InChI is InChI=1S/C10H11BrF3N3/c11-5-7-3-4-17(6-7)9-2-1-8(15-16-9)10(12,13)14/h1-2,7H,3-6H2. The molecule has 0 amide bonds. The van der Waals surface area contributed by atoms with E-state index in [1.54, 1.807) is 0 Å². The van der Waals surface area contributed by atoms with Crippen molar-refractivity contribution in [1.82, 2.24) is 10.2 Å². The average molecular weight is 310 g/mol. The van der Waals surface area contributed by atoms with E-state index in [1.807, 2.05) is 4.90 Å². The molecule has 7 heteroatoms. The van der Waals surface area contributed by atoms with Crippen LogP contribution in [0.4, 0.5) is 19.0 Å². The van der Waals surface area contributed by atoms with Gasteiger partial charge in [-0.1, -0.05) is 15.9 Å². The smallest absolute Gasteiger partial charge is 0.355 e. The van der Waals surface area contributed by atoms with Crippen LogP contribution in [-0.2, 0) is 6.18 Å². The van der Waals surface area contributed by atoms with Crippen LogP contribution in [0.15, 0.2) is 12.1 Å². The van der Waals surface area contributed by atoms with Crippen LogP contribution in [0.3, 0.4) is 0 Å². The zero-order valence-electron chi connectivity index (χ0n) is 8.91. The van der Waals surface area contributed by atoms with E-state index in [0.717, 1.165) is 30.9 Å². The molecular formula is C10H11BrF3N3. The van der Waals surface area contributed by atoms with Crippen molar-refractivity contribution in [3.05, 3.63) is 17.8 Å². The van der Waals surface area contributed by atoms with Crippen LogP contribution >= 0.6 is 15.9 Å². The average Bonchev–Trinajstić information content (AvgIpc) is 2.76. The predicted molar refractivity (Wildman–Crippen MR) is 61.1 cm³/mol. The zero-order chi connectivity index (χ0) is 12.5.